The van der Waals surface area contributed by atoms with Crippen molar-refractivity contribution in [1.29, 1.82) is 0 Å². The lowest BCUT2D eigenvalue weighted by Gasteiger charge is -2.37. The number of aliphatic hydroxyl groups is 1. The second kappa shape index (κ2) is 8.69. The number of nitrogens with zero attached hydrogens (tertiary/aromatic N) is 1. The molecule has 0 radical (unpaired) electrons. The van der Waals surface area contributed by atoms with Crippen LogP contribution in [0.5, 0.6) is 0 Å². The zero-order valence-corrected chi connectivity index (χ0v) is 16.3. The number of halogens is 1. The van der Waals surface area contributed by atoms with Gasteiger partial charge in [0.05, 0.1) is 19.1 Å². The summed E-state index contributed by atoms with van der Waals surface area (Å²) in [6.45, 7) is 6.20. The van der Waals surface area contributed by atoms with Crippen molar-refractivity contribution in [1.82, 2.24) is 4.90 Å². The second-order valence-electron chi connectivity index (χ2n) is 7.82. The molecule has 0 spiro atoms. The van der Waals surface area contributed by atoms with Gasteiger partial charge in [-0.2, -0.15) is 0 Å². The molecule has 1 aliphatic rings. The summed E-state index contributed by atoms with van der Waals surface area (Å²) in [6.07, 6.45) is -0.725. The molecule has 1 fully saturated rings. The average molecular weight is 381 g/mol. The van der Waals surface area contributed by atoms with Crippen molar-refractivity contribution in [2.45, 2.75) is 45.3 Å². The van der Waals surface area contributed by atoms with Crippen LogP contribution in [0.15, 0.2) is 24.3 Å². The molecule has 0 saturated carbocycles. The zero-order valence-electron chi connectivity index (χ0n) is 16.3. The maximum atomic E-state index is 14.1. The number of esters is 1. The van der Waals surface area contributed by atoms with Crippen LogP contribution in [0, 0.1) is 17.7 Å². The van der Waals surface area contributed by atoms with Crippen LogP contribution in [0.3, 0.4) is 0 Å². The molecule has 6 nitrogen and oxygen atoms in total. The summed E-state index contributed by atoms with van der Waals surface area (Å²) in [5, 5.41) is 10.7. The topological polar surface area (TPSA) is 76.1 Å². The Kier molecular flexibility index (Phi) is 6.81. The fourth-order valence-electron chi connectivity index (χ4n) is 3.39. The van der Waals surface area contributed by atoms with Crippen molar-refractivity contribution in [3.8, 4) is 0 Å². The van der Waals surface area contributed by atoms with E-state index < -0.39 is 35.5 Å². The summed E-state index contributed by atoms with van der Waals surface area (Å²) in [7, 11) is 1.25. The molecule has 1 N–H and O–H groups in total. The van der Waals surface area contributed by atoms with Gasteiger partial charge in [0.15, 0.2) is 0 Å². The predicted octanol–water partition coefficient (Wildman–Crippen LogP) is 3.30. The van der Waals surface area contributed by atoms with Gasteiger partial charge >= 0.3 is 12.1 Å². The zero-order chi connectivity index (χ0) is 20.2. The first-order valence-corrected chi connectivity index (χ1v) is 9.12. The lowest BCUT2D eigenvalue weighted by Crippen LogP contribution is -2.44. The number of likely N-dealkylation sites (tertiary alicyclic amines) is 1. The van der Waals surface area contributed by atoms with E-state index in [1.54, 1.807) is 31.7 Å². The number of rotatable bonds is 4. The lowest BCUT2D eigenvalue weighted by molar-refractivity contribution is -0.153. The third-order valence-electron chi connectivity index (χ3n) is 4.74. The van der Waals surface area contributed by atoms with Crippen LogP contribution in [0.4, 0.5) is 9.18 Å². The standard InChI is InChI=1S/C20H28FNO5/c1-20(2,3)27-19(25)22-11-9-13(10-12-22)16(18(24)26-4)17(23)14-7-5-6-8-15(14)21/h5-8,13,16-17,23H,9-12H2,1-4H3. The van der Waals surface area contributed by atoms with Crippen LogP contribution in [0.2, 0.25) is 0 Å². The molecular formula is C20H28FNO5. The lowest BCUT2D eigenvalue weighted by atomic mass is 9.79. The van der Waals surface area contributed by atoms with E-state index in [9.17, 15) is 19.1 Å². The van der Waals surface area contributed by atoms with E-state index in [1.165, 1.54) is 25.3 Å². The van der Waals surface area contributed by atoms with Crippen molar-refractivity contribution in [2.75, 3.05) is 20.2 Å². The van der Waals surface area contributed by atoms with Crippen molar-refractivity contribution in [3.05, 3.63) is 35.6 Å². The molecule has 0 aliphatic carbocycles. The van der Waals surface area contributed by atoms with E-state index in [-0.39, 0.29) is 11.5 Å². The summed E-state index contributed by atoms with van der Waals surface area (Å²) < 4.78 is 24.3. The second-order valence-corrected chi connectivity index (χ2v) is 7.82. The fourth-order valence-corrected chi connectivity index (χ4v) is 3.39. The van der Waals surface area contributed by atoms with Crippen molar-refractivity contribution < 1.29 is 28.6 Å². The molecule has 2 atom stereocenters. The summed E-state index contributed by atoms with van der Waals surface area (Å²) in [5.41, 5.74) is -0.508. The Labute approximate surface area is 159 Å². The van der Waals surface area contributed by atoms with Crippen LogP contribution >= 0.6 is 0 Å². The van der Waals surface area contributed by atoms with Gasteiger partial charge in [-0.1, -0.05) is 18.2 Å². The minimum Gasteiger partial charge on any atom is -0.469 e. The molecule has 27 heavy (non-hydrogen) atoms. The van der Waals surface area contributed by atoms with E-state index in [0.717, 1.165) is 0 Å². The molecule has 1 amide bonds. The molecule has 1 heterocycles. The molecule has 2 rings (SSSR count). The van der Waals surface area contributed by atoms with E-state index >= 15 is 0 Å². The number of aliphatic hydroxyl groups excluding tert-OH is 1. The molecule has 1 aliphatic heterocycles. The summed E-state index contributed by atoms with van der Waals surface area (Å²) >= 11 is 0. The number of carbonyl (C=O) groups is 2. The number of hydrogen-bond donors (Lipinski definition) is 1. The molecule has 1 saturated heterocycles. The number of carbonyl (C=O) groups excluding carboxylic acids is 2. The molecule has 0 aromatic heterocycles. The molecule has 1 aromatic rings. The molecule has 7 heteroatoms. The highest BCUT2D eigenvalue weighted by molar-refractivity contribution is 5.74. The van der Waals surface area contributed by atoms with Crippen LogP contribution in [0.25, 0.3) is 0 Å². The molecule has 150 valence electrons. The number of benzene rings is 1. The molecule has 1 aromatic carbocycles. The number of amides is 1. The van der Waals surface area contributed by atoms with Crippen molar-refractivity contribution in [2.24, 2.45) is 11.8 Å². The van der Waals surface area contributed by atoms with Crippen LogP contribution < -0.4 is 0 Å². The summed E-state index contributed by atoms with van der Waals surface area (Å²) in [6, 6.07) is 5.85. The number of piperidine rings is 1. The maximum absolute atomic E-state index is 14.1. The third kappa shape index (κ3) is 5.42. The smallest absolute Gasteiger partial charge is 0.410 e. The summed E-state index contributed by atoms with van der Waals surface area (Å²) in [5.74, 6) is -2.27. The molecule has 0 bridgehead atoms. The van der Waals surface area contributed by atoms with Crippen LogP contribution in [0.1, 0.15) is 45.3 Å². The molecular weight excluding hydrogens is 353 g/mol. The number of hydrogen-bond acceptors (Lipinski definition) is 5. The average Bonchev–Trinajstić information content (AvgIpc) is 2.61. The minimum atomic E-state index is -1.31. The largest absolute Gasteiger partial charge is 0.469 e. The van der Waals surface area contributed by atoms with Gasteiger partial charge in [0, 0.05) is 18.7 Å². The number of methoxy groups -OCH3 is 1. The van der Waals surface area contributed by atoms with E-state index in [0.29, 0.717) is 25.9 Å². The Hall–Kier alpha value is -2.15. The quantitative estimate of drug-likeness (QED) is 0.810. The molecule has 2 unspecified atom stereocenters. The SMILES string of the molecule is COC(=O)C(C1CCN(C(=O)OC(C)(C)C)CC1)C(O)c1ccccc1F. The van der Waals surface area contributed by atoms with Gasteiger partial charge in [-0.15, -0.1) is 0 Å². The van der Waals surface area contributed by atoms with Gasteiger partial charge < -0.3 is 19.5 Å². The first-order chi connectivity index (χ1) is 12.6. The Morgan fingerprint density at radius 3 is 2.33 bits per heavy atom. The summed E-state index contributed by atoms with van der Waals surface area (Å²) in [4.78, 5) is 26.1. The first-order valence-electron chi connectivity index (χ1n) is 9.12. The van der Waals surface area contributed by atoms with E-state index in [1.807, 2.05) is 0 Å². The Morgan fingerprint density at radius 2 is 1.81 bits per heavy atom. The Bertz CT molecular complexity index is 665. The first kappa shape index (κ1) is 21.2. The van der Waals surface area contributed by atoms with Crippen molar-refractivity contribution >= 4 is 12.1 Å². The Balaban J connectivity index is 2.10. The van der Waals surface area contributed by atoms with Gasteiger partial charge in [-0.25, -0.2) is 9.18 Å². The maximum Gasteiger partial charge on any atom is 0.410 e. The highest BCUT2D eigenvalue weighted by Gasteiger charge is 2.40. The highest BCUT2D eigenvalue weighted by Crippen LogP contribution is 2.36. The van der Waals surface area contributed by atoms with Gasteiger partial charge in [0.2, 0.25) is 0 Å². The van der Waals surface area contributed by atoms with Crippen LogP contribution in [-0.4, -0.2) is 47.9 Å². The predicted molar refractivity (Wildman–Crippen MR) is 97.4 cm³/mol. The normalized spacial score (nSPS) is 17.9. The van der Waals surface area contributed by atoms with Crippen LogP contribution in [-0.2, 0) is 14.3 Å². The number of ether oxygens (including phenoxy) is 2. The fraction of sp³-hybridized carbons (Fsp3) is 0.600. The van der Waals surface area contributed by atoms with Crippen molar-refractivity contribution in [3.63, 3.8) is 0 Å². The highest BCUT2D eigenvalue weighted by atomic mass is 19.1. The van der Waals surface area contributed by atoms with Gasteiger partial charge in [0.25, 0.3) is 0 Å². The third-order valence-corrected chi connectivity index (χ3v) is 4.74. The Morgan fingerprint density at radius 1 is 1.22 bits per heavy atom. The minimum absolute atomic E-state index is 0.0717. The van der Waals surface area contributed by atoms with E-state index in [4.69, 9.17) is 9.47 Å². The monoisotopic (exact) mass is 381 g/mol. The van der Waals surface area contributed by atoms with Gasteiger partial charge in [0.1, 0.15) is 11.4 Å². The van der Waals surface area contributed by atoms with Gasteiger partial charge in [-0.05, 0) is 45.6 Å². The van der Waals surface area contributed by atoms with Gasteiger partial charge in [-0.3, -0.25) is 4.79 Å². The van der Waals surface area contributed by atoms with E-state index in [2.05, 4.69) is 0 Å².